The first-order chi connectivity index (χ1) is 17.0. The number of rotatable bonds is 8. The number of thiophene rings is 1. The number of nitrogens with one attached hydrogen (secondary N) is 1. The van der Waals surface area contributed by atoms with Gasteiger partial charge in [-0.25, -0.2) is 0 Å². The van der Waals surface area contributed by atoms with Gasteiger partial charge in [0, 0.05) is 67.5 Å². The Morgan fingerprint density at radius 1 is 1.17 bits per heavy atom. The van der Waals surface area contributed by atoms with Crippen molar-refractivity contribution in [2.45, 2.75) is 51.4 Å². The smallest absolute Gasteiger partial charge is 0.240 e. The molecule has 7 nitrogen and oxygen atoms in total. The van der Waals surface area contributed by atoms with Crippen molar-refractivity contribution in [2.24, 2.45) is 5.92 Å². The van der Waals surface area contributed by atoms with Crippen LogP contribution in [0.2, 0.25) is 0 Å². The third kappa shape index (κ3) is 5.71. The zero-order chi connectivity index (χ0) is 24.4. The Labute approximate surface area is 212 Å². The van der Waals surface area contributed by atoms with Crippen LogP contribution in [-0.4, -0.2) is 78.4 Å². The highest BCUT2D eigenvalue weighted by Gasteiger charge is 2.44. The predicted molar refractivity (Wildman–Crippen MR) is 137 cm³/mol. The van der Waals surface area contributed by atoms with E-state index in [-0.39, 0.29) is 29.8 Å². The van der Waals surface area contributed by atoms with E-state index in [9.17, 15) is 9.59 Å². The molecular weight excluding hydrogens is 460 g/mol. The molecule has 1 N–H and O–H groups in total. The molecule has 3 fully saturated rings. The summed E-state index contributed by atoms with van der Waals surface area (Å²) in [6, 6.07) is 12.1. The molecule has 8 heteroatoms. The Balaban J connectivity index is 1.39. The fraction of sp³-hybridized carbons (Fsp3) is 0.556. The molecule has 35 heavy (non-hydrogen) atoms. The van der Waals surface area contributed by atoms with Crippen molar-refractivity contribution in [1.29, 1.82) is 0 Å². The topological polar surface area (TPSA) is 65.1 Å². The van der Waals surface area contributed by atoms with Gasteiger partial charge in [0.1, 0.15) is 5.75 Å². The van der Waals surface area contributed by atoms with Crippen molar-refractivity contribution in [1.82, 2.24) is 20.0 Å². The van der Waals surface area contributed by atoms with Crippen molar-refractivity contribution in [3.8, 4) is 5.75 Å². The first-order valence-electron chi connectivity index (χ1n) is 12.7. The zero-order valence-corrected chi connectivity index (χ0v) is 21.6. The molecule has 1 aliphatic carbocycles. The maximum absolute atomic E-state index is 13.7. The average molecular weight is 497 g/mol. The number of hydrogen-bond donors (Lipinski definition) is 1. The quantitative estimate of drug-likeness (QED) is 0.609. The number of piperazine rings is 1. The van der Waals surface area contributed by atoms with Crippen LogP contribution in [0.5, 0.6) is 5.75 Å². The van der Waals surface area contributed by atoms with Crippen molar-refractivity contribution < 1.29 is 14.3 Å². The van der Waals surface area contributed by atoms with Crippen molar-refractivity contribution >= 4 is 23.2 Å². The number of aryl methyl sites for hydroxylation is 1. The number of nitrogens with zero attached hydrogens (tertiary/aromatic N) is 3. The van der Waals surface area contributed by atoms with Gasteiger partial charge in [0.2, 0.25) is 11.8 Å². The first-order valence-corrected chi connectivity index (χ1v) is 13.6. The molecule has 5 rings (SSSR count). The Kier molecular flexibility index (Phi) is 7.41. The van der Waals surface area contributed by atoms with E-state index in [2.05, 4.69) is 40.2 Å². The van der Waals surface area contributed by atoms with E-state index in [1.165, 1.54) is 9.75 Å². The number of benzene rings is 1. The van der Waals surface area contributed by atoms with E-state index in [1.54, 1.807) is 18.4 Å². The fourth-order valence-corrected chi connectivity index (χ4v) is 6.24. The third-order valence-electron chi connectivity index (χ3n) is 7.39. The fourth-order valence-electron chi connectivity index (χ4n) is 5.32. The summed E-state index contributed by atoms with van der Waals surface area (Å²) in [5, 5.41) is 3.34. The first kappa shape index (κ1) is 24.3. The summed E-state index contributed by atoms with van der Waals surface area (Å²) in [7, 11) is 1.67. The number of hydrogen-bond acceptors (Lipinski definition) is 6. The lowest BCUT2D eigenvalue weighted by atomic mass is 10.1. The Bertz CT molecular complexity index is 1050. The van der Waals surface area contributed by atoms with Gasteiger partial charge in [0.15, 0.2) is 0 Å². The van der Waals surface area contributed by atoms with Gasteiger partial charge < -0.3 is 19.9 Å². The molecule has 0 radical (unpaired) electrons. The van der Waals surface area contributed by atoms with Crippen molar-refractivity contribution in [3.05, 3.63) is 51.7 Å². The highest BCUT2D eigenvalue weighted by molar-refractivity contribution is 7.11. The molecule has 2 aliphatic heterocycles. The highest BCUT2D eigenvalue weighted by atomic mass is 32.1. The van der Waals surface area contributed by atoms with Crippen LogP contribution >= 0.6 is 11.3 Å². The Hall–Kier alpha value is -2.42. The molecule has 0 bridgehead atoms. The Morgan fingerprint density at radius 3 is 2.66 bits per heavy atom. The number of carbonyl (C=O) groups excluding carboxylic acids is 2. The van der Waals surface area contributed by atoms with Crippen LogP contribution in [0.1, 0.15) is 34.6 Å². The summed E-state index contributed by atoms with van der Waals surface area (Å²) in [6.07, 6.45) is 2.64. The van der Waals surface area contributed by atoms with E-state index in [1.807, 2.05) is 23.1 Å². The van der Waals surface area contributed by atoms with Gasteiger partial charge in [0.25, 0.3) is 0 Å². The van der Waals surface area contributed by atoms with E-state index >= 15 is 0 Å². The van der Waals surface area contributed by atoms with Crippen LogP contribution in [0.15, 0.2) is 36.4 Å². The maximum atomic E-state index is 13.7. The van der Waals surface area contributed by atoms with Crippen LogP contribution < -0.4 is 10.1 Å². The number of methoxy groups -OCH3 is 1. The summed E-state index contributed by atoms with van der Waals surface area (Å²) >= 11 is 1.79. The van der Waals surface area contributed by atoms with E-state index in [0.717, 1.165) is 63.4 Å². The number of amides is 2. The second-order valence-corrected chi connectivity index (χ2v) is 11.4. The molecule has 1 saturated carbocycles. The molecule has 2 atom stereocenters. The van der Waals surface area contributed by atoms with E-state index < -0.39 is 0 Å². The van der Waals surface area contributed by atoms with Gasteiger partial charge in [-0.2, -0.15) is 0 Å². The largest absolute Gasteiger partial charge is 0.497 e. The molecule has 2 aromatic rings. The predicted octanol–water partition coefficient (Wildman–Crippen LogP) is 2.88. The summed E-state index contributed by atoms with van der Waals surface area (Å²) in [5.41, 5.74) is 1.07. The lowest BCUT2D eigenvalue weighted by molar-refractivity contribution is -0.137. The lowest BCUT2D eigenvalue weighted by Crippen LogP contribution is -2.52. The average Bonchev–Trinajstić information content (AvgIpc) is 3.54. The summed E-state index contributed by atoms with van der Waals surface area (Å²) in [5.74, 6) is 1.38. The zero-order valence-electron chi connectivity index (χ0n) is 20.7. The van der Waals surface area contributed by atoms with Gasteiger partial charge in [-0.05, 0) is 56.0 Å². The molecule has 1 aromatic carbocycles. The van der Waals surface area contributed by atoms with Gasteiger partial charge in [0.05, 0.1) is 13.2 Å². The normalized spacial score (nSPS) is 22.9. The minimum atomic E-state index is -0.194. The third-order valence-corrected chi connectivity index (χ3v) is 8.37. The molecule has 3 aliphatic rings. The summed E-state index contributed by atoms with van der Waals surface area (Å²) < 4.78 is 5.42. The maximum Gasteiger partial charge on any atom is 0.240 e. The van der Waals surface area contributed by atoms with Crippen LogP contribution in [0.3, 0.4) is 0 Å². The van der Waals surface area contributed by atoms with Crippen molar-refractivity contribution in [2.75, 3.05) is 39.8 Å². The number of carbonyl (C=O) groups is 2. The SMILES string of the molecule is COc1cccc(CN(C(=O)C2CC2)C2CC(C(=O)N3CCNCC3)N(Cc3ccc(C)s3)C2)c1. The molecular formula is C27H36N4O3S. The molecule has 3 heterocycles. The minimum Gasteiger partial charge on any atom is -0.497 e. The van der Waals surface area contributed by atoms with Gasteiger partial charge >= 0.3 is 0 Å². The van der Waals surface area contributed by atoms with Gasteiger partial charge in [-0.3, -0.25) is 14.5 Å². The highest BCUT2D eigenvalue weighted by Crippen LogP contribution is 2.35. The summed E-state index contributed by atoms with van der Waals surface area (Å²) in [6.45, 7) is 7.33. The molecule has 0 spiro atoms. The lowest BCUT2D eigenvalue weighted by Gasteiger charge is -2.32. The number of ether oxygens (including phenoxy) is 1. The van der Waals surface area contributed by atoms with Crippen molar-refractivity contribution in [3.63, 3.8) is 0 Å². The monoisotopic (exact) mass is 496 g/mol. The van der Waals surface area contributed by atoms with Crippen LogP contribution in [0.25, 0.3) is 0 Å². The van der Waals surface area contributed by atoms with Crippen LogP contribution in [0, 0.1) is 12.8 Å². The van der Waals surface area contributed by atoms with E-state index in [4.69, 9.17) is 4.74 Å². The second kappa shape index (κ2) is 10.7. The van der Waals surface area contributed by atoms with Gasteiger partial charge in [-0.1, -0.05) is 12.1 Å². The standard InChI is InChI=1S/C27H36N4O3S/c1-19-6-9-24(35-19)18-30-17-22(15-25(30)27(33)29-12-10-28-11-13-29)31(26(32)21-7-8-21)16-20-4-3-5-23(14-20)34-2/h3-6,9,14,21-22,25,28H,7-8,10-13,15-18H2,1-2H3. The Morgan fingerprint density at radius 2 is 1.97 bits per heavy atom. The molecule has 2 saturated heterocycles. The molecule has 2 unspecified atom stereocenters. The van der Waals surface area contributed by atoms with Gasteiger partial charge in [-0.15, -0.1) is 11.3 Å². The second-order valence-electron chi connectivity index (χ2n) is 10.0. The van der Waals surface area contributed by atoms with E-state index in [0.29, 0.717) is 13.0 Å². The number of likely N-dealkylation sites (tertiary alicyclic amines) is 1. The molecule has 1 aromatic heterocycles. The van der Waals surface area contributed by atoms with Crippen LogP contribution in [-0.2, 0) is 22.7 Å². The molecule has 2 amide bonds. The molecule has 188 valence electrons. The van der Waals surface area contributed by atoms with Crippen LogP contribution in [0.4, 0.5) is 0 Å². The minimum absolute atomic E-state index is 0.0206. The summed E-state index contributed by atoms with van der Waals surface area (Å²) in [4.78, 5) is 36.1.